The summed E-state index contributed by atoms with van der Waals surface area (Å²) in [6.45, 7) is 9.10. The molecule has 0 bridgehead atoms. The maximum Gasteiger partial charge on any atom is 0.330 e. The van der Waals surface area contributed by atoms with E-state index < -0.39 is 6.23 Å². The summed E-state index contributed by atoms with van der Waals surface area (Å²) >= 11 is 0. The molecule has 2 aromatic rings. The van der Waals surface area contributed by atoms with Gasteiger partial charge in [-0.05, 0) is 48.6 Å². The first-order valence-electron chi connectivity index (χ1n) is 9.41. The van der Waals surface area contributed by atoms with Crippen molar-refractivity contribution in [3.63, 3.8) is 0 Å². The Bertz CT molecular complexity index is 1020. The van der Waals surface area contributed by atoms with Crippen LogP contribution >= 0.6 is 0 Å². The first-order chi connectivity index (χ1) is 12.6. The summed E-state index contributed by atoms with van der Waals surface area (Å²) in [7, 11) is 3.51. The van der Waals surface area contributed by atoms with E-state index in [9.17, 15) is 9.90 Å². The molecule has 0 spiro atoms. The predicted octanol–water partition coefficient (Wildman–Crippen LogP) is 1.30. The fourth-order valence-corrected chi connectivity index (χ4v) is 3.62. The van der Waals surface area contributed by atoms with Gasteiger partial charge in [-0.25, -0.2) is 4.79 Å². The van der Waals surface area contributed by atoms with Crippen LogP contribution in [0.4, 0.5) is 0 Å². The van der Waals surface area contributed by atoms with Gasteiger partial charge in [0.2, 0.25) is 0 Å². The highest BCUT2D eigenvalue weighted by Crippen LogP contribution is 2.28. The molecule has 2 atom stereocenters. The maximum absolute atomic E-state index is 12.7. The number of benzene rings is 1. The zero-order valence-electron chi connectivity index (χ0n) is 17.1. The lowest BCUT2D eigenvalue weighted by Crippen LogP contribution is -2.38. The average molecular weight is 370 g/mol. The van der Waals surface area contributed by atoms with Crippen LogP contribution in [0.3, 0.4) is 0 Å². The molecular weight excluding hydrogens is 340 g/mol. The molecular formula is C21H30N4O2. The van der Waals surface area contributed by atoms with E-state index in [1.165, 1.54) is 0 Å². The van der Waals surface area contributed by atoms with Crippen molar-refractivity contribution >= 4 is 6.08 Å². The van der Waals surface area contributed by atoms with Crippen LogP contribution in [-0.2, 0) is 13.6 Å². The molecule has 0 saturated heterocycles. The summed E-state index contributed by atoms with van der Waals surface area (Å²) in [5.41, 5.74) is 3.76. The number of aryl methyl sites for hydroxylation is 1. The van der Waals surface area contributed by atoms with E-state index in [2.05, 4.69) is 39.1 Å². The number of hydrogen-bond acceptors (Lipinski definition) is 4. The third-order valence-corrected chi connectivity index (χ3v) is 5.05. The summed E-state index contributed by atoms with van der Waals surface area (Å²) in [6.07, 6.45) is 2.16. The van der Waals surface area contributed by atoms with Gasteiger partial charge in [0.1, 0.15) is 6.23 Å². The van der Waals surface area contributed by atoms with E-state index in [0.29, 0.717) is 6.54 Å². The maximum atomic E-state index is 12.7. The van der Waals surface area contributed by atoms with E-state index in [1.807, 2.05) is 22.8 Å². The number of rotatable bonds is 4. The minimum absolute atomic E-state index is 0.0118. The van der Waals surface area contributed by atoms with Crippen molar-refractivity contribution in [2.75, 3.05) is 7.05 Å². The zero-order valence-corrected chi connectivity index (χ0v) is 17.1. The second kappa shape index (κ2) is 7.09. The van der Waals surface area contributed by atoms with Gasteiger partial charge in [0.05, 0.1) is 11.4 Å². The molecule has 1 aliphatic rings. The molecule has 0 amide bonds. The summed E-state index contributed by atoms with van der Waals surface area (Å²) in [6, 6.07) is 5.89. The summed E-state index contributed by atoms with van der Waals surface area (Å²) < 4.78 is 3.48. The number of imidazole rings is 1. The molecule has 2 unspecified atom stereocenters. The van der Waals surface area contributed by atoms with E-state index in [1.54, 1.807) is 18.7 Å². The van der Waals surface area contributed by atoms with Crippen LogP contribution in [-0.4, -0.2) is 21.3 Å². The Morgan fingerprint density at radius 3 is 2.70 bits per heavy atom. The fraction of sp³-hybridized carbons (Fsp3) is 0.524. The van der Waals surface area contributed by atoms with E-state index >= 15 is 0 Å². The van der Waals surface area contributed by atoms with Gasteiger partial charge < -0.3 is 5.11 Å². The standard InChI is InChI=1S/C21H30N4O2/c1-13-7-8-14(19(26)22-5)11-15(13)16-9-10-17-18(23-16)24(6)20(27)25(17)12-21(2,3)4/h7-8,10-11,16,19,22,26H,9,12H2,1-6H3. The van der Waals surface area contributed by atoms with Gasteiger partial charge in [0.25, 0.3) is 0 Å². The van der Waals surface area contributed by atoms with Gasteiger partial charge in [-0.1, -0.05) is 39.0 Å². The second-order valence-electron chi connectivity index (χ2n) is 8.59. The topological polar surface area (TPSA) is 71.5 Å². The number of nitrogens with one attached hydrogen (secondary N) is 1. The third-order valence-electron chi connectivity index (χ3n) is 5.05. The molecule has 6 nitrogen and oxygen atoms in total. The van der Waals surface area contributed by atoms with Crippen LogP contribution in [0.5, 0.6) is 0 Å². The number of nitrogens with zero attached hydrogens (tertiary/aromatic N) is 3. The van der Waals surface area contributed by atoms with Gasteiger partial charge >= 0.3 is 5.69 Å². The SMILES string of the molecule is CNC(O)c1ccc(C)c(C2CC=c3c(n(C)c(=O)n3CC(C)(C)C)=N2)c1. The van der Waals surface area contributed by atoms with E-state index in [0.717, 1.165) is 33.9 Å². The molecule has 3 rings (SSSR count). The molecule has 1 aromatic carbocycles. The quantitative estimate of drug-likeness (QED) is 0.797. The smallest absolute Gasteiger partial charge is 0.330 e. The van der Waals surface area contributed by atoms with Gasteiger partial charge in [0.15, 0.2) is 5.49 Å². The Balaban J connectivity index is 2.10. The monoisotopic (exact) mass is 370 g/mol. The van der Waals surface area contributed by atoms with Gasteiger partial charge in [0, 0.05) is 13.6 Å². The highest BCUT2D eigenvalue weighted by molar-refractivity contribution is 5.37. The fourth-order valence-electron chi connectivity index (χ4n) is 3.62. The molecule has 2 N–H and O–H groups in total. The van der Waals surface area contributed by atoms with Crippen LogP contribution in [0, 0.1) is 12.3 Å². The Kier molecular flexibility index (Phi) is 5.14. The Morgan fingerprint density at radius 1 is 1.37 bits per heavy atom. The molecule has 0 radical (unpaired) electrons. The van der Waals surface area contributed by atoms with Crippen molar-refractivity contribution in [1.82, 2.24) is 14.5 Å². The molecule has 1 aromatic heterocycles. The molecule has 1 aliphatic heterocycles. The lowest BCUT2D eigenvalue weighted by molar-refractivity contribution is 0.149. The van der Waals surface area contributed by atoms with Crippen LogP contribution in [0.25, 0.3) is 6.08 Å². The molecule has 27 heavy (non-hydrogen) atoms. The minimum Gasteiger partial charge on any atom is -0.374 e. The van der Waals surface area contributed by atoms with Crippen LogP contribution in [0.1, 0.15) is 56.2 Å². The zero-order chi connectivity index (χ0) is 19.9. The highest BCUT2D eigenvalue weighted by Gasteiger charge is 2.22. The number of aliphatic hydroxyl groups excluding tert-OH is 1. The predicted molar refractivity (Wildman–Crippen MR) is 107 cm³/mol. The third kappa shape index (κ3) is 3.77. The Morgan fingerprint density at radius 2 is 2.07 bits per heavy atom. The number of fused-ring (bicyclic) bond motifs is 1. The lowest BCUT2D eigenvalue weighted by atomic mass is 9.95. The van der Waals surface area contributed by atoms with E-state index in [-0.39, 0.29) is 17.1 Å². The molecule has 0 aliphatic carbocycles. The lowest BCUT2D eigenvalue weighted by Gasteiger charge is -2.20. The highest BCUT2D eigenvalue weighted by atomic mass is 16.3. The number of hydrogen-bond donors (Lipinski definition) is 2. The summed E-state index contributed by atoms with van der Waals surface area (Å²) in [5.74, 6) is 0. The van der Waals surface area contributed by atoms with Gasteiger partial charge in [-0.15, -0.1) is 0 Å². The minimum atomic E-state index is -0.704. The van der Waals surface area contributed by atoms with Crippen molar-refractivity contribution in [2.45, 2.75) is 52.9 Å². The van der Waals surface area contributed by atoms with Crippen molar-refractivity contribution in [2.24, 2.45) is 17.5 Å². The van der Waals surface area contributed by atoms with Crippen molar-refractivity contribution in [3.8, 4) is 0 Å². The first-order valence-corrected chi connectivity index (χ1v) is 9.41. The van der Waals surface area contributed by atoms with Gasteiger partial charge in [-0.3, -0.25) is 19.4 Å². The summed E-state index contributed by atoms with van der Waals surface area (Å²) in [4.78, 5) is 17.7. The second-order valence-corrected chi connectivity index (χ2v) is 8.59. The largest absolute Gasteiger partial charge is 0.374 e. The van der Waals surface area contributed by atoms with Gasteiger partial charge in [-0.2, -0.15) is 0 Å². The number of aliphatic hydroxyl groups is 1. The van der Waals surface area contributed by atoms with Crippen molar-refractivity contribution in [3.05, 3.63) is 56.2 Å². The van der Waals surface area contributed by atoms with E-state index in [4.69, 9.17) is 4.99 Å². The first kappa shape index (κ1) is 19.6. The molecule has 146 valence electrons. The van der Waals surface area contributed by atoms with Crippen molar-refractivity contribution in [1.29, 1.82) is 0 Å². The molecule has 2 heterocycles. The van der Waals surface area contributed by atoms with Crippen LogP contribution in [0.2, 0.25) is 0 Å². The van der Waals surface area contributed by atoms with Crippen LogP contribution in [0.15, 0.2) is 28.0 Å². The molecule has 0 fully saturated rings. The Labute approximate surface area is 159 Å². The average Bonchev–Trinajstić information content (AvgIpc) is 2.84. The van der Waals surface area contributed by atoms with Crippen LogP contribution < -0.4 is 21.8 Å². The molecule has 0 saturated carbocycles. The molecule has 6 heteroatoms. The van der Waals surface area contributed by atoms with Crippen molar-refractivity contribution < 1.29 is 5.11 Å². The summed E-state index contributed by atoms with van der Waals surface area (Å²) in [5, 5.41) is 13.9. The number of aromatic nitrogens is 2. The normalized spacial score (nSPS) is 17.8. The Hall–Kier alpha value is -2.18.